The molecule has 0 bridgehead atoms. The van der Waals surface area contributed by atoms with Crippen LogP contribution in [-0.4, -0.2) is 36.7 Å². The molecule has 6 nitrogen and oxygen atoms in total. The molecule has 0 aliphatic carbocycles. The summed E-state index contributed by atoms with van der Waals surface area (Å²) in [4.78, 5) is 25.5. The van der Waals surface area contributed by atoms with Gasteiger partial charge in [-0.15, -0.1) is 0 Å². The molecule has 0 saturated heterocycles. The first-order chi connectivity index (χ1) is 9.49. The predicted molar refractivity (Wildman–Crippen MR) is 72.6 cm³/mol. The molecule has 1 unspecified atom stereocenters. The Bertz CT molecular complexity index is 555. The maximum Gasteiger partial charge on any atom is 0.414 e. The SMILES string of the molecule is CCOC(=O)N1c2cc(O)c(OC)cc2C(=O)CC1C. The minimum Gasteiger partial charge on any atom is -0.504 e. The number of amides is 1. The van der Waals surface area contributed by atoms with Gasteiger partial charge in [-0.25, -0.2) is 4.79 Å². The first kappa shape index (κ1) is 14.2. The van der Waals surface area contributed by atoms with Gasteiger partial charge in [0.2, 0.25) is 0 Å². The third kappa shape index (κ3) is 2.29. The fraction of sp³-hybridized carbons (Fsp3) is 0.429. The molecule has 2 rings (SSSR count). The van der Waals surface area contributed by atoms with Gasteiger partial charge in [-0.3, -0.25) is 9.69 Å². The van der Waals surface area contributed by atoms with E-state index in [9.17, 15) is 14.7 Å². The number of phenolic OH excluding ortho intramolecular Hbond substituents is 1. The van der Waals surface area contributed by atoms with E-state index >= 15 is 0 Å². The second kappa shape index (κ2) is 5.40. The van der Waals surface area contributed by atoms with Crippen molar-refractivity contribution < 1.29 is 24.2 Å². The van der Waals surface area contributed by atoms with Gasteiger partial charge < -0.3 is 14.6 Å². The highest BCUT2D eigenvalue weighted by atomic mass is 16.6. The average molecular weight is 279 g/mol. The third-order valence-electron chi connectivity index (χ3n) is 3.24. The van der Waals surface area contributed by atoms with Crippen molar-refractivity contribution in [3.8, 4) is 11.5 Å². The molecule has 0 spiro atoms. The first-order valence-corrected chi connectivity index (χ1v) is 6.39. The smallest absolute Gasteiger partial charge is 0.414 e. The van der Waals surface area contributed by atoms with Gasteiger partial charge >= 0.3 is 6.09 Å². The molecule has 1 aliphatic rings. The molecule has 1 aliphatic heterocycles. The van der Waals surface area contributed by atoms with Crippen LogP contribution in [-0.2, 0) is 4.74 Å². The second-order valence-corrected chi connectivity index (χ2v) is 4.59. The molecule has 0 fully saturated rings. The van der Waals surface area contributed by atoms with E-state index in [0.717, 1.165) is 0 Å². The highest BCUT2D eigenvalue weighted by molar-refractivity contribution is 6.08. The van der Waals surface area contributed by atoms with Crippen LogP contribution < -0.4 is 9.64 Å². The van der Waals surface area contributed by atoms with Crippen LogP contribution in [0.15, 0.2) is 12.1 Å². The Morgan fingerprint density at radius 3 is 2.80 bits per heavy atom. The zero-order valence-corrected chi connectivity index (χ0v) is 11.7. The fourth-order valence-electron chi connectivity index (χ4n) is 2.32. The highest BCUT2D eigenvalue weighted by Crippen LogP contribution is 2.39. The van der Waals surface area contributed by atoms with Gasteiger partial charge in [0, 0.05) is 24.1 Å². The Hall–Kier alpha value is -2.24. The van der Waals surface area contributed by atoms with Crippen LogP contribution in [0.5, 0.6) is 11.5 Å². The van der Waals surface area contributed by atoms with Crippen molar-refractivity contribution in [1.29, 1.82) is 0 Å². The van der Waals surface area contributed by atoms with Crippen molar-refractivity contribution in [3.05, 3.63) is 17.7 Å². The summed E-state index contributed by atoms with van der Waals surface area (Å²) < 4.78 is 10.00. The normalized spacial score (nSPS) is 17.6. The molecule has 1 atom stereocenters. The number of carbonyl (C=O) groups is 2. The number of carbonyl (C=O) groups excluding carboxylic acids is 2. The summed E-state index contributed by atoms with van der Waals surface area (Å²) in [7, 11) is 1.40. The molecule has 1 heterocycles. The molecular weight excluding hydrogens is 262 g/mol. The first-order valence-electron chi connectivity index (χ1n) is 6.39. The number of Topliss-reactive ketones (excluding diaryl/α,β-unsaturated/α-hetero) is 1. The lowest BCUT2D eigenvalue weighted by molar-refractivity contribution is 0.0965. The molecule has 1 amide bonds. The van der Waals surface area contributed by atoms with Gasteiger partial charge in [-0.1, -0.05) is 0 Å². The molecule has 1 N–H and O–H groups in total. The van der Waals surface area contributed by atoms with Crippen molar-refractivity contribution >= 4 is 17.6 Å². The third-order valence-corrected chi connectivity index (χ3v) is 3.24. The quantitative estimate of drug-likeness (QED) is 0.899. The van der Waals surface area contributed by atoms with Crippen molar-refractivity contribution in [2.75, 3.05) is 18.6 Å². The van der Waals surface area contributed by atoms with Crippen molar-refractivity contribution in [1.82, 2.24) is 0 Å². The van der Waals surface area contributed by atoms with Gasteiger partial charge in [0.25, 0.3) is 0 Å². The summed E-state index contributed by atoms with van der Waals surface area (Å²) >= 11 is 0. The van der Waals surface area contributed by atoms with Crippen LogP contribution in [0.2, 0.25) is 0 Å². The molecule has 0 aromatic heterocycles. The number of rotatable bonds is 2. The number of methoxy groups -OCH3 is 1. The van der Waals surface area contributed by atoms with Gasteiger partial charge in [-0.2, -0.15) is 0 Å². The number of hydrogen-bond acceptors (Lipinski definition) is 5. The highest BCUT2D eigenvalue weighted by Gasteiger charge is 2.34. The molecule has 0 radical (unpaired) electrons. The van der Waals surface area contributed by atoms with E-state index in [1.54, 1.807) is 13.8 Å². The van der Waals surface area contributed by atoms with Crippen LogP contribution >= 0.6 is 0 Å². The summed E-state index contributed by atoms with van der Waals surface area (Å²) in [5.74, 6) is -0.00995. The minimum atomic E-state index is -0.529. The number of fused-ring (bicyclic) bond motifs is 1. The van der Waals surface area contributed by atoms with Gasteiger partial charge in [0.15, 0.2) is 17.3 Å². The lowest BCUT2D eigenvalue weighted by Crippen LogP contribution is -2.44. The van der Waals surface area contributed by atoms with Crippen LogP contribution in [0.3, 0.4) is 0 Å². The largest absolute Gasteiger partial charge is 0.504 e. The number of hydrogen-bond donors (Lipinski definition) is 1. The summed E-state index contributed by atoms with van der Waals surface area (Å²) in [6.45, 7) is 3.72. The van der Waals surface area contributed by atoms with E-state index < -0.39 is 6.09 Å². The van der Waals surface area contributed by atoms with E-state index in [1.165, 1.54) is 24.1 Å². The standard InChI is InChI=1S/C14H17NO5/c1-4-20-14(18)15-8(2)5-11(16)9-6-13(19-3)12(17)7-10(9)15/h6-8,17H,4-5H2,1-3H3. The summed E-state index contributed by atoms with van der Waals surface area (Å²) in [5.41, 5.74) is 0.705. The van der Waals surface area contributed by atoms with Crippen LogP contribution in [0.25, 0.3) is 0 Å². The van der Waals surface area contributed by atoms with Crippen molar-refractivity contribution in [3.63, 3.8) is 0 Å². The van der Waals surface area contributed by atoms with Crippen LogP contribution in [0.4, 0.5) is 10.5 Å². The zero-order valence-electron chi connectivity index (χ0n) is 11.7. The average Bonchev–Trinajstić information content (AvgIpc) is 2.38. The zero-order chi connectivity index (χ0) is 14.9. The topological polar surface area (TPSA) is 76.1 Å². The van der Waals surface area contributed by atoms with Crippen LogP contribution in [0, 0.1) is 0 Å². The maximum absolute atomic E-state index is 12.1. The second-order valence-electron chi connectivity index (χ2n) is 4.59. The van der Waals surface area contributed by atoms with Gasteiger partial charge in [0.1, 0.15) is 0 Å². The lowest BCUT2D eigenvalue weighted by atomic mass is 9.95. The Balaban J connectivity index is 2.54. The van der Waals surface area contributed by atoms with Gasteiger partial charge in [0.05, 0.1) is 19.4 Å². The van der Waals surface area contributed by atoms with Crippen molar-refractivity contribution in [2.45, 2.75) is 26.3 Å². The molecular formula is C14H17NO5. The van der Waals surface area contributed by atoms with E-state index in [2.05, 4.69) is 0 Å². The van der Waals surface area contributed by atoms with E-state index in [-0.39, 0.29) is 36.4 Å². The van der Waals surface area contributed by atoms with Gasteiger partial charge in [-0.05, 0) is 19.9 Å². The molecule has 1 aromatic rings. The number of nitrogens with zero attached hydrogens (tertiary/aromatic N) is 1. The van der Waals surface area contributed by atoms with Crippen LogP contribution in [0.1, 0.15) is 30.6 Å². The Kier molecular flexibility index (Phi) is 3.83. The summed E-state index contributed by atoms with van der Waals surface area (Å²) in [6, 6.07) is 2.49. The number of anilines is 1. The molecule has 1 aromatic carbocycles. The molecule has 6 heteroatoms. The monoisotopic (exact) mass is 279 g/mol. The number of ether oxygens (including phenoxy) is 2. The number of ketones is 1. The predicted octanol–water partition coefficient (Wildman–Crippen LogP) is 2.34. The Morgan fingerprint density at radius 2 is 2.20 bits per heavy atom. The van der Waals surface area contributed by atoms with E-state index in [4.69, 9.17) is 9.47 Å². The summed E-state index contributed by atoms with van der Waals surface area (Å²) in [5, 5.41) is 9.85. The summed E-state index contributed by atoms with van der Waals surface area (Å²) in [6.07, 6.45) is -0.321. The Labute approximate surface area is 116 Å². The number of phenols is 1. The fourth-order valence-corrected chi connectivity index (χ4v) is 2.32. The van der Waals surface area contributed by atoms with Crippen molar-refractivity contribution in [2.24, 2.45) is 0 Å². The lowest BCUT2D eigenvalue weighted by Gasteiger charge is -2.33. The maximum atomic E-state index is 12.1. The molecule has 0 saturated carbocycles. The molecule has 20 heavy (non-hydrogen) atoms. The number of benzene rings is 1. The van der Waals surface area contributed by atoms with E-state index in [0.29, 0.717) is 11.3 Å². The molecule has 108 valence electrons. The minimum absolute atomic E-state index is 0.0913. The number of aromatic hydroxyl groups is 1. The Morgan fingerprint density at radius 1 is 1.50 bits per heavy atom. The van der Waals surface area contributed by atoms with E-state index in [1.807, 2.05) is 0 Å².